The summed E-state index contributed by atoms with van der Waals surface area (Å²) in [5.74, 6) is 0.805. The van der Waals surface area contributed by atoms with Gasteiger partial charge < -0.3 is 9.73 Å². The summed E-state index contributed by atoms with van der Waals surface area (Å²) < 4.78 is 5.54. The van der Waals surface area contributed by atoms with E-state index in [-0.39, 0.29) is 5.91 Å². The average Bonchev–Trinajstić information content (AvgIpc) is 3.25. The number of carbonyl (C=O) groups is 1. The van der Waals surface area contributed by atoms with E-state index in [1.165, 1.54) is 43.0 Å². The monoisotopic (exact) mass is 349 g/mol. The first kappa shape index (κ1) is 16.3. The highest BCUT2D eigenvalue weighted by atomic mass is 32.2. The van der Waals surface area contributed by atoms with Gasteiger partial charge in [0.2, 0.25) is 5.91 Å². The van der Waals surface area contributed by atoms with E-state index >= 15 is 0 Å². The summed E-state index contributed by atoms with van der Waals surface area (Å²) in [6.07, 6.45) is 8.21. The van der Waals surface area contributed by atoms with Crippen molar-refractivity contribution in [3.8, 4) is 10.8 Å². The van der Waals surface area contributed by atoms with Crippen LogP contribution in [0.3, 0.4) is 0 Å². The fraction of sp³-hybridized carbons (Fsp3) is 0.438. The molecular weight excluding hydrogens is 330 g/mol. The molecule has 0 aromatic carbocycles. The lowest BCUT2D eigenvalue weighted by molar-refractivity contribution is -0.118. The third-order valence-corrected chi connectivity index (χ3v) is 5.29. The highest BCUT2D eigenvalue weighted by Crippen LogP contribution is 2.26. The lowest BCUT2D eigenvalue weighted by Gasteiger charge is -2.12. The maximum atomic E-state index is 11.9. The van der Waals surface area contributed by atoms with E-state index in [2.05, 4.69) is 21.6 Å². The van der Waals surface area contributed by atoms with Crippen LogP contribution in [0, 0.1) is 0 Å². The molecule has 1 amide bonds. The molecule has 2 aromatic heterocycles. The van der Waals surface area contributed by atoms with Crippen molar-refractivity contribution in [2.24, 2.45) is 0 Å². The topological polar surface area (TPSA) is 68.0 Å². The third-order valence-electron chi connectivity index (χ3n) is 3.62. The maximum Gasteiger partial charge on any atom is 0.277 e. The van der Waals surface area contributed by atoms with Crippen molar-refractivity contribution in [1.82, 2.24) is 15.5 Å². The molecule has 7 heteroatoms. The van der Waals surface area contributed by atoms with Crippen molar-refractivity contribution in [3.05, 3.63) is 29.2 Å². The van der Waals surface area contributed by atoms with E-state index in [1.54, 1.807) is 11.3 Å². The summed E-state index contributed by atoms with van der Waals surface area (Å²) in [7, 11) is 0. The van der Waals surface area contributed by atoms with E-state index < -0.39 is 0 Å². The molecule has 0 spiro atoms. The van der Waals surface area contributed by atoms with Crippen LogP contribution in [0.1, 0.15) is 32.1 Å². The van der Waals surface area contributed by atoms with Crippen LogP contribution in [0.15, 0.2) is 38.8 Å². The van der Waals surface area contributed by atoms with Crippen molar-refractivity contribution in [2.45, 2.75) is 37.3 Å². The molecule has 0 saturated heterocycles. The number of rotatable bonds is 7. The van der Waals surface area contributed by atoms with Gasteiger partial charge in [0.1, 0.15) is 0 Å². The number of carbonyl (C=O) groups excluding carboxylic acids is 1. The highest BCUT2D eigenvalue weighted by Gasteiger charge is 2.12. The Morgan fingerprint density at radius 1 is 1.39 bits per heavy atom. The Morgan fingerprint density at radius 2 is 2.35 bits per heavy atom. The predicted octanol–water partition coefficient (Wildman–Crippen LogP) is 3.90. The van der Waals surface area contributed by atoms with E-state index in [0.29, 0.717) is 23.4 Å². The van der Waals surface area contributed by atoms with Gasteiger partial charge in [0.25, 0.3) is 11.1 Å². The average molecular weight is 349 g/mol. The first-order valence-corrected chi connectivity index (χ1v) is 9.62. The Balaban J connectivity index is 1.38. The summed E-state index contributed by atoms with van der Waals surface area (Å²) in [6, 6.07) is 3.87. The first-order chi connectivity index (χ1) is 11.3. The lowest BCUT2D eigenvalue weighted by Crippen LogP contribution is -2.26. The number of thioether (sulfide) groups is 1. The normalized spacial score (nSPS) is 14.5. The maximum absolute atomic E-state index is 11.9. The first-order valence-electron chi connectivity index (χ1n) is 7.76. The van der Waals surface area contributed by atoms with Gasteiger partial charge in [-0.15, -0.1) is 21.5 Å². The molecule has 1 N–H and O–H groups in total. The predicted molar refractivity (Wildman–Crippen MR) is 92.5 cm³/mol. The van der Waals surface area contributed by atoms with Crippen molar-refractivity contribution in [1.29, 1.82) is 0 Å². The van der Waals surface area contributed by atoms with Gasteiger partial charge in [-0.1, -0.05) is 29.5 Å². The number of allylic oxidation sites excluding steroid dienone is 1. The molecule has 0 aliphatic heterocycles. The fourth-order valence-corrected chi connectivity index (χ4v) is 3.68. The Bertz CT molecular complexity index is 665. The van der Waals surface area contributed by atoms with Gasteiger partial charge >= 0.3 is 0 Å². The van der Waals surface area contributed by atoms with Crippen molar-refractivity contribution in [3.63, 3.8) is 0 Å². The summed E-state index contributed by atoms with van der Waals surface area (Å²) in [6.45, 7) is 0.704. The zero-order chi connectivity index (χ0) is 15.9. The molecule has 0 bridgehead atoms. The molecule has 2 aromatic rings. The van der Waals surface area contributed by atoms with Crippen LogP contribution < -0.4 is 5.32 Å². The molecule has 1 aliphatic carbocycles. The molecular formula is C16H19N3O2S2. The van der Waals surface area contributed by atoms with Crippen molar-refractivity contribution >= 4 is 29.0 Å². The van der Waals surface area contributed by atoms with Crippen LogP contribution in [-0.2, 0) is 4.79 Å². The smallest absolute Gasteiger partial charge is 0.277 e. The standard InChI is InChI=1S/C16H19N3O2S2/c20-14(17-9-8-12-5-2-1-3-6-12)11-23-16-19-18-15(21-16)13-7-4-10-22-13/h4-5,7,10H,1-3,6,8-9,11H2,(H,17,20). The van der Waals surface area contributed by atoms with Crippen molar-refractivity contribution < 1.29 is 9.21 Å². The summed E-state index contributed by atoms with van der Waals surface area (Å²) in [5, 5.41) is 13.3. The van der Waals surface area contributed by atoms with E-state index in [1.807, 2.05) is 17.5 Å². The molecule has 0 radical (unpaired) electrons. The highest BCUT2D eigenvalue weighted by molar-refractivity contribution is 7.99. The Hall–Kier alpha value is -1.60. The van der Waals surface area contributed by atoms with E-state index in [4.69, 9.17) is 4.42 Å². The van der Waals surface area contributed by atoms with Crippen LogP contribution in [0.2, 0.25) is 0 Å². The number of thiophene rings is 1. The molecule has 122 valence electrons. The SMILES string of the molecule is O=C(CSc1nnc(-c2cccs2)o1)NCCC1=CCCCC1. The molecule has 1 aliphatic rings. The van der Waals surface area contributed by atoms with Gasteiger partial charge in [-0.05, 0) is 43.6 Å². The third kappa shape index (κ3) is 4.94. The summed E-state index contributed by atoms with van der Waals surface area (Å²) >= 11 is 2.82. The summed E-state index contributed by atoms with van der Waals surface area (Å²) in [5.41, 5.74) is 1.47. The van der Waals surface area contributed by atoms with Crippen LogP contribution in [0.25, 0.3) is 10.8 Å². The lowest BCUT2D eigenvalue weighted by atomic mass is 9.97. The minimum atomic E-state index is 0.00211. The fourth-order valence-electron chi connectivity index (χ4n) is 2.44. The molecule has 2 heterocycles. The number of hydrogen-bond donors (Lipinski definition) is 1. The zero-order valence-corrected chi connectivity index (χ0v) is 14.4. The minimum Gasteiger partial charge on any atom is -0.410 e. The molecule has 0 unspecified atom stereocenters. The van der Waals surface area contributed by atoms with Crippen LogP contribution in [0.5, 0.6) is 0 Å². The second-order valence-corrected chi connectivity index (χ2v) is 7.22. The number of aromatic nitrogens is 2. The van der Waals surface area contributed by atoms with Crippen LogP contribution >= 0.6 is 23.1 Å². The molecule has 0 saturated carbocycles. The molecule has 0 fully saturated rings. The number of amides is 1. The van der Waals surface area contributed by atoms with Gasteiger partial charge in [0, 0.05) is 6.54 Å². The molecule has 5 nitrogen and oxygen atoms in total. The summed E-state index contributed by atoms with van der Waals surface area (Å²) in [4.78, 5) is 12.8. The molecule has 0 atom stereocenters. The second kappa shape index (κ2) is 8.31. The van der Waals surface area contributed by atoms with Crippen molar-refractivity contribution in [2.75, 3.05) is 12.3 Å². The molecule has 3 rings (SSSR count). The Morgan fingerprint density at radius 3 is 3.13 bits per heavy atom. The zero-order valence-electron chi connectivity index (χ0n) is 12.8. The van der Waals surface area contributed by atoms with Crippen LogP contribution in [-0.4, -0.2) is 28.4 Å². The van der Waals surface area contributed by atoms with Gasteiger partial charge in [-0.25, -0.2) is 0 Å². The Labute approximate surface area is 143 Å². The van der Waals surface area contributed by atoms with Gasteiger partial charge in [0.15, 0.2) is 0 Å². The number of nitrogens with zero attached hydrogens (tertiary/aromatic N) is 2. The largest absolute Gasteiger partial charge is 0.410 e. The van der Waals surface area contributed by atoms with Gasteiger partial charge in [-0.3, -0.25) is 4.79 Å². The minimum absolute atomic E-state index is 0.00211. The van der Waals surface area contributed by atoms with Gasteiger partial charge in [-0.2, -0.15) is 0 Å². The van der Waals surface area contributed by atoms with Crippen LogP contribution in [0.4, 0.5) is 0 Å². The van der Waals surface area contributed by atoms with Gasteiger partial charge in [0.05, 0.1) is 10.6 Å². The van der Waals surface area contributed by atoms with E-state index in [0.717, 1.165) is 11.3 Å². The second-order valence-electron chi connectivity index (χ2n) is 5.35. The van der Waals surface area contributed by atoms with E-state index in [9.17, 15) is 4.79 Å². The quantitative estimate of drug-likeness (QED) is 0.606. The number of hydrogen-bond acceptors (Lipinski definition) is 6. The molecule has 23 heavy (non-hydrogen) atoms. The Kier molecular flexibility index (Phi) is 5.87. The number of nitrogens with one attached hydrogen (secondary N) is 1.